The van der Waals surface area contributed by atoms with Crippen LogP contribution in [0.25, 0.3) is 0 Å². The molecular weight excluding hydrogens is 196 g/mol. The zero-order chi connectivity index (χ0) is 11.1. The molecule has 0 aromatic carbocycles. The summed E-state index contributed by atoms with van der Waals surface area (Å²) in [5, 5.41) is 15.2. The first-order valence-corrected chi connectivity index (χ1v) is 5.51. The molecule has 0 saturated carbocycles. The Morgan fingerprint density at radius 3 is 3.13 bits per heavy atom. The van der Waals surface area contributed by atoms with Crippen LogP contribution in [0, 0.1) is 0 Å². The molecule has 0 bridgehead atoms. The highest BCUT2D eigenvalue weighted by atomic mass is 16.5. The number of hydrogen-bond acceptors (Lipinski definition) is 4. The monoisotopic (exact) mass is 216 g/mol. The van der Waals surface area contributed by atoms with E-state index in [0.717, 1.165) is 12.8 Å². The topological polar surface area (TPSA) is 70.6 Å². The molecule has 0 aromatic heterocycles. The number of hydrogen-bond donors (Lipinski definition) is 3. The van der Waals surface area contributed by atoms with Gasteiger partial charge in [-0.15, -0.1) is 0 Å². The Labute approximate surface area is 90.2 Å². The van der Waals surface area contributed by atoms with Crippen LogP contribution in [-0.4, -0.2) is 49.5 Å². The molecule has 0 aromatic rings. The van der Waals surface area contributed by atoms with Gasteiger partial charge in [0.05, 0.1) is 19.3 Å². The zero-order valence-corrected chi connectivity index (χ0v) is 9.16. The number of rotatable bonds is 5. The van der Waals surface area contributed by atoms with E-state index in [4.69, 9.17) is 4.74 Å². The number of ether oxygens (including phenoxy) is 1. The Morgan fingerprint density at radius 2 is 2.53 bits per heavy atom. The van der Waals surface area contributed by atoms with Crippen molar-refractivity contribution in [2.75, 3.05) is 26.3 Å². The summed E-state index contributed by atoms with van der Waals surface area (Å²) in [7, 11) is 0. The summed E-state index contributed by atoms with van der Waals surface area (Å²) >= 11 is 0. The number of carbonyl (C=O) groups is 1. The Balaban J connectivity index is 2.16. The third-order valence-electron chi connectivity index (χ3n) is 2.37. The van der Waals surface area contributed by atoms with E-state index < -0.39 is 6.10 Å². The average molecular weight is 216 g/mol. The summed E-state index contributed by atoms with van der Waals surface area (Å²) in [6.07, 6.45) is 1.19. The summed E-state index contributed by atoms with van der Waals surface area (Å²) < 4.78 is 5.17. The molecule has 2 atom stereocenters. The van der Waals surface area contributed by atoms with Crippen molar-refractivity contribution in [1.82, 2.24) is 10.6 Å². The predicted octanol–water partition coefficient (Wildman–Crippen LogP) is -0.748. The van der Waals surface area contributed by atoms with E-state index in [1.54, 1.807) is 0 Å². The van der Waals surface area contributed by atoms with Crippen LogP contribution in [0.1, 0.15) is 19.8 Å². The van der Waals surface area contributed by atoms with E-state index in [1.165, 1.54) is 0 Å². The summed E-state index contributed by atoms with van der Waals surface area (Å²) in [5.74, 6) is -0.0927. The molecule has 1 aliphatic heterocycles. The highest BCUT2D eigenvalue weighted by Gasteiger charge is 2.21. The quantitative estimate of drug-likeness (QED) is 0.565. The molecule has 1 aliphatic rings. The van der Waals surface area contributed by atoms with Crippen molar-refractivity contribution in [2.45, 2.75) is 31.9 Å². The molecule has 5 heteroatoms. The Bertz CT molecular complexity index is 193. The maximum absolute atomic E-state index is 11.5. The number of amides is 1. The lowest BCUT2D eigenvalue weighted by molar-refractivity contribution is -0.126. The molecule has 88 valence electrons. The van der Waals surface area contributed by atoms with E-state index in [2.05, 4.69) is 10.6 Å². The van der Waals surface area contributed by atoms with Gasteiger partial charge in [-0.1, -0.05) is 13.3 Å². The van der Waals surface area contributed by atoms with E-state index in [9.17, 15) is 9.90 Å². The van der Waals surface area contributed by atoms with E-state index in [-0.39, 0.29) is 11.9 Å². The van der Waals surface area contributed by atoms with Gasteiger partial charge < -0.3 is 20.5 Å². The Kier molecular flexibility index (Phi) is 5.60. The van der Waals surface area contributed by atoms with Gasteiger partial charge in [0.25, 0.3) is 0 Å². The highest BCUT2D eigenvalue weighted by molar-refractivity contribution is 5.81. The first-order valence-electron chi connectivity index (χ1n) is 5.51. The SMILES string of the molecule is CCCC(O)CNC(=O)C1COCCN1. The minimum atomic E-state index is -0.441. The fourth-order valence-electron chi connectivity index (χ4n) is 1.51. The van der Waals surface area contributed by atoms with Crippen molar-refractivity contribution in [1.29, 1.82) is 0 Å². The van der Waals surface area contributed by atoms with E-state index in [1.807, 2.05) is 6.92 Å². The molecule has 1 rings (SSSR count). The molecule has 15 heavy (non-hydrogen) atoms. The Hall–Kier alpha value is -0.650. The van der Waals surface area contributed by atoms with Gasteiger partial charge in [0.15, 0.2) is 0 Å². The van der Waals surface area contributed by atoms with Gasteiger partial charge in [0.1, 0.15) is 6.04 Å². The molecule has 0 aliphatic carbocycles. The molecule has 1 heterocycles. The minimum absolute atomic E-state index is 0.0927. The van der Waals surface area contributed by atoms with Crippen molar-refractivity contribution in [3.8, 4) is 0 Å². The van der Waals surface area contributed by atoms with Gasteiger partial charge in [0.2, 0.25) is 5.91 Å². The lowest BCUT2D eigenvalue weighted by Gasteiger charge is -2.23. The number of aliphatic hydroxyl groups excluding tert-OH is 1. The fraction of sp³-hybridized carbons (Fsp3) is 0.900. The van der Waals surface area contributed by atoms with Crippen molar-refractivity contribution < 1.29 is 14.6 Å². The van der Waals surface area contributed by atoms with E-state index in [0.29, 0.717) is 26.3 Å². The number of nitrogens with one attached hydrogen (secondary N) is 2. The second kappa shape index (κ2) is 6.76. The van der Waals surface area contributed by atoms with Crippen LogP contribution < -0.4 is 10.6 Å². The van der Waals surface area contributed by atoms with Crippen LogP contribution in [0.2, 0.25) is 0 Å². The standard InChI is InChI=1S/C10H20N2O3/c1-2-3-8(13)6-12-10(14)9-7-15-5-4-11-9/h8-9,11,13H,2-7H2,1H3,(H,12,14). The van der Waals surface area contributed by atoms with Crippen molar-refractivity contribution in [2.24, 2.45) is 0 Å². The summed E-state index contributed by atoms with van der Waals surface area (Å²) in [6, 6.07) is -0.271. The normalized spacial score (nSPS) is 23.5. The molecular formula is C10H20N2O3. The lowest BCUT2D eigenvalue weighted by Crippen LogP contribution is -2.52. The summed E-state index contributed by atoms with van der Waals surface area (Å²) in [5.41, 5.74) is 0. The number of aliphatic hydroxyl groups is 1. The largest absolute Gasteiger partial charge is 0.391 e. The molecule has 1 saturated heterocycles. The lowest BCUT2D eigenvalue weighted by atomic mass is 10.2. The van der Waals surface area contributed by atoms with Gasteiger partial charge >= 0.3 is 0 Å². The first-order chi connectivity index (χ1) is 7.24. The third-order valence-corrected chi connectivity index (χ3v) is 2.37. The van der Waals surface area contributed by atoms with Crippen LogP contribution >= 0.6 is 0 Å². The molecule has 1 amide bonds. The third kappa shape index (κ3) is 4.59. The molecule has 0 spiro atoms. The molecule has 2 unspecified atom stereocenters. The van der Waals surface area contributed by atoms with Crippen molar-refractivity contribution >= 4 is 5.91 Å². The molecule has 1 fully saturated rings. The average Bonchev–Trinajstić information content (AvgIpc) is 2.27. The van der Waals surface area contributed by atoms with Crippen molar-refractivity contribution in [3.63, 3.8) is 0 Å². The minimum Gasteiger partial charge on any atom is -0.391 e. The summed E-state index contributed by atoms with van der Waals surface area (Å²) in [4.78, 5) is 11.5. The number of morpholine rings is 1. The van der Waals surface area contributed by atoms with Gasteiger partial charge in [0, 0.05) is 13.1 Å². The van der Waals surface area contributed by atoms with Gasteiger partial charge in [-0.2, -0.15) is 0 Å². The first kappa shape index (κ1) is 12.4. The van der Waals surface area contributed by atoms with Crippen LogP contribution in [0.15, 0.2) is 0 Å². The van der Waals surface area contributed by atoms with Gasteiger partial charge in [-0.3, -0.25) is 4.79 Å². The van der Waals surface area contributed by atoms with Crippen LogP contribution in [-0.2, 0) is 9.53 Å². The number of carbonyl (C=O) groups excluding carboxylic acids is 1. The van der Waals surface area contributed by atoms with Gasteiger partial charge in [-0.25, -0.2) is 0 Å². The van der Waals surface area contributed by atoms with Crippen molar-refractivity contribution in [3.05, 3.63) is 0 Å². The second-order valence-electron chi connectivity index (χ2n) is 3.77. The maximum Gasteiger partial charge on any atom is 0.239 e. The molecule has 5 nitrogen and oxygen atoms in total. The van der Waals surface area contributed by atoms with Gasteiger partial charge in [-0.05, 0) is 6.42 Å². The van der Waals surface area contributed by atoms with Crippen LogP contribution in [0.3, 0.4) is 0 Å². The smallest absolute Gasteiger partial charge is 0.239 e. The Morgan fingerprint density at radius 1 is 1.73 bits per heavy atom. The predicted molar refractivity (Wildman–Crippen MR) is 56.5 cm³/mol. The summed E-state index contributed by atoms with van der Waals surface area (Å²) in [6.45, 7) is 4.10. The highest BCUT2D eigenvalue weighted by Crippen LogP contribution is 1.96. The van der Waals surface area contributed by atoms with Crippen LogP contribution in [0.5, 0.6) is 0 Å². The molecule has 3 N–H and O–H groups in total. The fourth-order valence-corrected chi connectivity index (χ4v) is 1.51. The van der Waals surface area contributed by atoms with Crippen LogP contribution in [0.4, 0.5) is 0 Å². The van der Waals surface area contributed by atoms with E-state index >= 15 is 0 Å². The maximum atomic E-state index is 11.5. The molecule has 0 radical (unpaired) electrons. The second-order valence-corrected chi connectivity index (χ2v) is 3.77. The zero-order valence-electron chi connectivity index (χ0n) is 9.16.